The average molecular weight is 300 g/mol. The molecule has 2 rings (SSSR count). The largest absolute Gasteiger partial charge is 0.322 e. The maximum atomic E-state index is 11.8. The molecule has 0 unspecified atom stereocenters. The minimum atomic E-state index is -0.176. The van der Waals surface area contributed by atoms with Gasteiger partial charge in [0.1, 0.15) is 0 Å². The zero-order chi connectivity index (χ0) is 15.2. The molecule has 0 atom stereocenters. The molecule has 0 bridgehead atoms. The average Bonchev–Trinajstić information content (AvgIpc) is 2.45. The van der Waals surface area contributed by atoms with E-state index in [1.165, 1.54) is 11.6 Å². The standard InChI is InChI=1S/C18H18ClNO/c1-13(2)15-9-6-14(7-10-15)8-11-18(21)20-17-5-3-4-16(19)12-17/h3-13H,1-2H3,(H,20,21)/b11-8-. The third-order valence-corrected chi connectivity index (χ3v) is 3.36. The Morgan fingerprint density at radius 2 is 1.86 bits per heavy atom. The van der Waals surface area contributed by atoms with E-state index in [9.17, 15) is 4.79 Å². The van der Waals surface area contributed by atoms with Crippen LogP contribution in [0.4, 0.5) is 5.69 Å². The van der Waals surface area contributed by atoms with Gasteiger partial charge in [-0.25, -0.2) is 0 Å². The van der Waals surface area contributed by atoms with Gasteiger partial charge >= 0.3 is 0 Å². The van der Waals surface area contributed by atoms with Crippen molar-refractivity contribution >= 4 is 29.3 Å². The SMILES string of the molecule is CC(C)c1ccc(/C=C\C(=O)Nc2cccc(Cl)c2)cc1. The van der Waals surface area contributed by atoms with Gasteiger partial charge in [0, 0.05) is 16.8 Å². The molecule has 0 spiro atoms. The Hall–Kier alpha value is -2.06. The summed E-state index contributed by atoms with van der Waals surface area (Å²) in [6.07, 6.45) is 3.31. The minimum absolute atomic E-state index is 0.176. The molecule has 1 amide bonds. The zero-order valence-corrected chi connectivity index (χ0v) is 12.9. The molecule has 0 aliphatic heterocycles. The molecule has 0 aromatic heterocycles. The molecule has 3 heteroatoms. The van der Waals surface area contributed by atoms with Crippen molar-refractivity contribution in [2.24, 2.45) is 0 Å². The van der Waals surface area contributed by atoms with E-state index in [1.807, 2.05) is 12.1 Å². The van der Waals surface area contributed by atoms with Crippen LogP contribution in [0.2, 0.25) is 5.02 Å². The Balaban J connectivity index is 1.98. The molecule has 2 aromatic carbocycles. The first-order valence-electron chi connectivity index (χ1n) is 6.89. The fraction of sp³-hybridized carbons (Fsp3) is 0.167. The van der Waals surface area contributed by atoms with E-state index >= 15 is 0 Å². The van der Waals surface area contributed by atoms with Crippen molar-refractivity contribution in [3.8, 4) is 0 Å². The van der Waals surface area contributed by atoms with E-state index in [2.05, 4.69) is 31.3 Å². The van der Waals surface area contributed by atoms with Crippen LogP contribution < -0.4 is 5.32 Å². The number of rotatable bonds is 4. The first-order valence-corrected chi connectivity index (χ1v) is 7.27. The van der Waals surface area contributed by atoms with Crippen molar-refractivity contribution in [3.05, 3.63) is 70.8 Å². The van der Waals surface area contributed by atoms with Gasteiger partial charge in [-0.2, -0.15) is 0 Å². The van der Waals surface area contributed by atoms with Gasteiger partial charge < -0.3 is 5.32 Å². The van der Waals surface area contributed by atoms with Gasteiger partial charge in [0.15, 0.2) is 0 Å². The molecule has 1 N–H and O–H groups in total. The summed E-state index contributed by atoms with van der Waals surface area (Å²) >= 11 is 5.87. The lowest BCUT2D eigenvalue weighted by Gasteiger charge is -2.05. The number of halogens is 1. The highest BCUT2D eigenvalue weighted by atomic mass is 35.5. The van der Waals surface area contributed by atoms with Gasteiger partial charge in [0.25, 0.3) is 0 Å². The van der Waals surface area contributed by atoms with Crippen molar-refractivity contribution in [2.75, 3.05) is 5.32 Å². The molecule has 0 aliphatic carbocycles. The topological polar surface area (TPSA) is 29.1 Å². The minimum Gasteiger partial charge on any atom is -0.322 e. The molecule has 2 nitrogen and oxygen atoms in total. The van der Waals surface area contributed by atoms with E-state index < -0.39 is 0 Å². The number of hydrogen-bond acceptors (Lipinski definition) is 1. The number of hydrogen-bond donors (Lipinski definition) is 1. The number of anilines is 1. The van der Waals surface area contributed by atoms with Crippen LogP contribution in [0.1, 0.15) is 30.9 Å². The third-order valence-electron chi connectivity index (χ3n) is 3.12. The van der Waals surface area contributed by atoms with Gasteiger partial charge in [-0.15, -0.1) is 0 Å². The maximum Gasteiger partial charge on any atom is 0.248 e. The van der Waals surface area contributed by atoms with Crippen LogP contribution in [-0.2, 0) is 4.79 Å². The highest BCUT2D eigenvalue weighted by Crippen LogP contribution is 2.16. The summed E-state index contributed by atoms with van der Waals surface area (Å²) in [5.41, 5.74) is 2.98. The first kappa shape index (κ1) is 15.3. The number of benzene rings is 2. The number of amides is 1. The van der Waals surface area contributed by atoms with Gasteiger partial charge in [-0.05, 0) is 41.3 Å². The Bertz CT molecular complexity index is 645. The molecular formula is C18H18ClNO. The van der Waals surface area contributed by atoms with E-state index in [0.29, 0.717) is 16.6 Å². The van der Waals surface area contributed by atoms with Crippen LogP contribution in [-0.4, -0.2) is 5.91 Å². The van der Waals surface area contributed by atoms with Crippen molar-refractivity contribution in [3.63, 3.8) is 0 Å². The van der Waals surface area contributed by atoms with E-state index in [-0.39, 0.29) is 5.91 Å². The van der Waals surface area contributed by atoms with Gasteiger partial charge in [0.05, 0.1) is 0 Å². The van der Waals surface area contributed by atoms with E-state index in [1.54, 1.807) is 30.3 Å². The monoisotopic (exact) mass is 299 g/mol. The summed E-state index contributed by atoms with van der Waals surface area (Å²) in [6.45, 7) is 4.31. The number of carbonyl (C=O) groups excluding carboxylic acids is 1. The van der Waals surface area contributed by atoms with Crippen LogP contribution in [0, 0.1) is 0 Å². The fourth-order valence-corrected chi connectivity index (χ4v) is 2.10. The van der Waals surface area contributed by atoms with Crippen molar-refractivity contribution < 1.29 is 4.79 Å². The van der Waals surface area contributed by atoms with Gasteiger partial charge in [-0.1, -0.05) is 55.8 Å². The second-order valence-electron chi connectivity index (χ2n) is 5.15. The van der Waals surface area contributed by atoms with E-state index in [0.717, 1.165) is 5.56 Å². The van der Waals surface area contributed by atoms with Crippen LogP contribution in [0.3, 0.4) is 0 Å². The third kappa shape index (κ3) is 4.76. The summed E-state index contributed by atoms with van der Waals surface area (Å²) in [6, 6.07) is 15.3. The quantitative estimate of drug-likeness (QED) is 0.780. The Labute approximate surface area is 130 Å². The number of carbonyl (C=O) groups is 1. The first-order chi connectivity index (χ1) is 10.0. The second-order valence-corrected chi connectivity index (χ2v) is 5.59. The second kappa shape index (κ2) is 7.09. The van der Waals surface area contributed by atoms with Gasteiger partial charge in [-0.3, -0.25) is 4.79 Å². The smallest absolute Gasteiger partial charge is 0.248 e. The molecular weight excluding hydrogens is 282 g/mol. The molecule has 0 heterocycles. The lowest BCUT2D eigenvalue weighted by Crippen LogP contribution is -2.07. The molecule has 21 heavy (non-hydrogen) atoms. The normalized spacial score (nSPS) is 11.0. The molecule has 0 radical (unpaired) electrons. The van der Waals surface area contributed by atoms with Crippen LogP contribution in [0.15, 0.2) is 54.6 Å². The summed E-state index contributed by atoms with van der Waals surface area (Å²) in [5, 5.41) is 3.37. The zero-order valence-electron chi connectivity index (χ0n) is 12.1. The van der Waals surface area contributed by atoms with Crippen molar-refractivity contribution in [2.45, 2.75) is 19.8 Å². The Morgan fingerprint density at radius 1 is 1.14 bits per heavy atom. The molecule has 0 saturated heterocycles. The summed E-state index contributed by atoms with van der Waals surface area (Å²) < 4.78 is 0. The Morgan fingerprint density at radius 3 is 2.48 bits per heavy atom. The van der Waals surface area contributed by atoms with E-state index in [4.69, 9.17) is 11.6 Å². The van der Waals surface area contributed by atoms with Crippen molar-refractivity contribution in [1.82, 2.24) is 0 Å². The lowest BCUT2D eigenvalue weighted by molar-refractivity contribution is -0.111. The highest BCUT2D eigenvalue weighted by Gasteiger charge is 2.00. The predicted octanol–water partition coefficient (Wildman–Crippen LogP) is 5.12. The fourth-order valence-electron chi connectivity index (χ4n) is 1.91. The summed E-state index contributed by atoms with van der Waals surface area (Å²) in [5.74, 6) is 0.333. The predicted molar refractivity (Wildman–Crippen MR) is 89.6 cm³/mol. The Kier molecular flexibility index (Phi) is 5.18. The van der Waals surface area contributed by atoms with Crippen LogP contribution >= 0.6 is 11.6 Å². The lowest BCUT2D eigenvalue weighted by atomic mass is 10.0. The van der Waals surface area contributed by atoms with Crippen LogP contribution in [0.25, 0.3) is 6.08 Å². The summed E-state index contributed by atoms with van der Waals surface area (Å²) in [7, 11) is 0. The summed E-state index contributed by atoms with van der Waals surface area (Å²) in [4.78, 5) is 11.8. The highest BCUT2D eigenvalue weighted by molar-refractivity contribution is 6.30. The van der Waals surface area contributed by atoms with Crippen molar-refractivity contribution in [1.29, 1.82) is 0 Å². The molecule has 2 aromatic rings. The molecule has 108 valence electrons. The molecule has 0 fully saturated rings. The molecule has 0 saturated carbocycles. The maximum absolute atomic E-state index is 11.8. The van der Waals surface area contributed by atoms with Gasteiger partial charge in [0.2, 0.25) is 5.91 Å². The number of nitrogens with one attached hydrogen (secondary N) is 1. The van der Waals surface area contributed by atoms with Crippen LogP contribution in [0.5, 0.6) is 0 Å². The molecule has 0 aliphatic rings.